The molecule has 94 valence electrons. The van der Waals surface area contributed by atoms with Crippen LogP contribution in [-0.4, -0.2) is 30.1 Å². The van der Waals surface area contributed by atoms with Crippen LogP contribution >= 0.6 is 0 Å². The normalized spacial score (nSPS) is 31.3. The van der Waals surface area contributed by atoms with Gasteiger partial charge >= 0.3 is 0 Å². The van der Waals surface area contributed by atoms with Crippen molar-refractivity contribution in [1.82, 2.24) is 4.90 Å². The van der Waals surface area contributed by atoms with Crippen LogP contribution in [-0.2, 0) is 0 Å². The van der Waals surface area contributed by atoms with Crippen molar-refractivity contribution in [2.75, 3.05) is 13.1 Å². The van der Waals surface area contributed by atoms with Crippen LogP contribution in [0.25, 0.3) is 0 Å². The van der Waals surface area contributed by atoms with E-state index < -0.39 is 0 Å². The van der Waals surface area contributed by atoms with Gasteiger partial charge in [0.1, 0.15) is 0 Å². The van der Waals surface area contributed by atoms with E-state index >= 15 is 0 Å². The van der Waals surface area contributed by atoms with Gasteiger partial charge in [-0.1, -0.05) is 13.8 Å². The van der Waals surface area contributed by atoms with Crippen LogP contribution < -0.4 is 5.73 Å². The van der Waals surface area contributed by atoms with E-state index in [1.165, 1.54) is 51.6 Å². The minimum atomic E-state index is 0.496. The molecule has 2 heteroatoms. The predicted molar refractivity (Wildman–Crippen MR) is 69.4 cm³/mol. The highest BCUT2D eigenvalue weighted by molar-refractivity contribution is 4.87. The highest BCUT2D eigenvalue weighted by Gasteiger charge is 2.31. The maximum atomic E-state index is 5.97. The van der Waals surface area contributed by atoms with Gasteiger partial charge in [0.05, 0.1) is 0 Å². The second kappa shape index (κ2) is 5.50. The first-order valence-electron chi connectivity index (χ1n) is 7.14. The van der Waals surface area contributed by atoms with Crippen LogP contribution in [0.1, 0.15) is 52.4 Å². The van der Waals surface area contributed by atoms with Gasteiger partial charge in [-0.15, -0.1) is 0 Å². The standard InChI is InChI=1S/C14H28N2/c1-11(2)9-16(14-7-8-14)10-12-3-5-13(15)6-4-12/h11-14H,3-10,15H2,1-2H3. The third-order valence-corrected chi connectivity index (χ3v) is 4.05. The fourth-order valence-corrected chi connectivity index (χ4v) is 2.98. The summed E-state index contributed by atoms with van der Waals surface area (Å²) in [4.78, 5) is 2.76. The Kier molecular flexibility index (Phi) is 4.26. The van der Waals surface area contributed by atoms with Gasteiger partial charge in [-0.05, 0) is 50.4 Å². The van der Waals surface area contributed by atoms with Crippen LogP contribution in [0.3, 0.4) is 0 Å². The first-order valence-corrected chi connectivity index (χ1v) is 7.14. The van der Waals surface area contributed by atoms with Crippen LogP contribution in [0.15, 0.2) is 0 Å². The van der Waals surface area contributed by atoms with E-state index in [9.17, 15) is 0 Å². The van der Waals surface area contributed by atoms with Crippen LogP contribution in [0, 0.1) is 11.8 Å². The van der Waals surface area contributed by atoms with E-state index in [-0.39, 0.29) is 0 Å². The largest absolute Gasteiger partial charge is 0.328 e. The van der Waals surface area contributed by atoms with Crippen molar-refractivity contribution in [2.24, 2.45) is 17.6 Å². The Morgan fingerprint density at radius 2 is 1.69 bits per heavy atom. The molecule has 2 N–H and O–H groups in total. The summed E-state index contributed by atoms with van der Waals surface area (Å²) in [5.74, 6) is 1.74. The van der Waals surface area contributed by atoms with Crippen LogP contribution in [0.2, 0.25) is 0 Å². The molecule has 0 heterocycles. The third-order valence-electron chi connectivity index (χ3n) is 4.05. The third kappa shape index (κ3) is 3.74. The molecule has 2 saturated carbocycles. The monoisotopic (exact) mass is 224 g/mol. The lowest BCUT2D eigenvalue weighted by molar-refractivity contribution is 0.171. The number of nitrogens with zero attached hydrogens (tertiary/aromatic N) is 1. The van der Waals surface area contributed by atoms with Crippen molar-refractivity contribution in [1.29, 1.82) is 0 Å². The zero-order chi connectivity index (χ0) is 11.5. The Balaban J connectivity index is 1.76. The quantitative estimate of drug-likeness (QED) is 0.778. The molecule has 0 bridgehead atoms. The Labute approximate surface area is 101 Å². The van der Waals surface area contributed by atoms with Crippen molar-refractivity contribution >= 4 is 0 Å². The minimum Gasteiger partial charge on any atom is -0.328 e. The highest BCUT2D eigenvalue weighted by Crippen LogP contribution is 2.31. The number of hydrogen-bond donors (Lipinski definition) is 1. The summed E-state index contributed by atoms with van der Waals surface area (Å²) in [6.45, 7) is 7.32. The maximum Gasteiger partial charge on any atom is 0.00966 e. The molecule has 0 unspecified atom stereocenters. The number of rotatable bonds is 5. The van der Waals surface area contributed by atoms with Crippen molar-refractivity contribution in [2.45, 2.75) is 64.5 Å². The Hall–Kier alpha value is -0.0800. The van der Waals surface area contributed by atoms with Gasteiger partial charge in [0.25, 0.3) is 0 Å². The van der Waals surface area contributed by atoms with E-state index in [4.69, 9.17) is 5.73 Å². The summed E-state index contributed by atoms with van der Waals surface area (Å²) in [6.07, 6.45) is 8.12. The summed E-state index contributed by atoms with van der Waals surface area (Å²) in [5.41, 5.74) is 5.97. The molecular weight excluding hydrogens is 196 g/mol. The van der Waals surface area contributed by atoms with E-state index in [1.54, 1.807) is 0 Å². The zero-order valence-electron chi connectivity index (χ0n) is 11.0. The summed E-state index contributed by atoms with van der Waals surface area (Å²) < 4.78 is 0. The SMILES string of the molecule is CC(C)CN(CC1CCC(N)CC1)C1CC1. The van der Waals surface area contributed by atoms with Crippen LogP contribution in [0.5, 0.6) is 0 Å². The fraction of sp³-hybridized carbons (Fsp3) is 1.00. The lowest BCUT2D eigenvalue weighted by Crippen LogP contribution is -2.37. The summed E-state index contributed by atoms with van der Waals surface area (Å²) in [6, 6.07) is 1.42. The lowest BCUT2D eigenvalue weighted by atomic mass is 9.86. The molecule has 2 aliphatic rings. The molecule has 0 spiro atoms. The van der Waals surface area contributed by atoms with Gasteiger partial charge in [-0.25, -0.2) is 0 Å². The fourth-order valence-electron chi connectivity index (χ4n) is 2.98. The second-order valence-electron chi connectivity index (χ2n) is 6.36. The molecule has 2 fully saturated rings. The van der Waals surface area contributed by atoms with Gasteiger partial charge in [0.2, 0.25) is 0 Å². The maximum absolute atomic E-state index is 5.97. The Morgan fingerprint density at radius 1 is 1.06 bits per heavy atom. The molecular formula is C14H28N2. The predicted octanol–water partition coefficient (Wildman–Crippen LogP) is 2.62. The first-order chi connectivity index (χ1) is 7.65. The van der Waals surface area contributed by atoms with Crippen molar-refractivity contribution in [3.05, 3.63) is 0 Å². The first kappa shape index (κ1) is 12.4. The highest BCUT2D eigenvalue weighted by atomic mass is 15.2. The van der Waals surface area contributed by atoms with E-state index in [1.807, 2.05) is 0 Å². The zero-order valence-corrected chi connectivity index (χ0v) is 11.0. The molecule has 0 aromatic rings. The molecule has 0 amide bonds. The van der Waals surface area contributed by atoms with E-state index in [0.717, 1.165) is 17.9 Å². The average Bonchev–Trinajstić information content (AvgIpc) is 3.03. The van der Waals surface area contributed by atoms with Gasteiger partial charge in [-0.3, -0.25) is 4.90 Å². The topological polar surface area (TPSA) is 29.3 Å². The van der Waals surface area contributed by atoms with Gasteiger partial charge in [0.15, 0.2) is 0 Å². The number of hydrogen-bond acceptors (Lipinski definition) is 2. The van der Waals surface area contributed by atoms with Crippen molar-refractivity contribution in [3.8, 4) is 0 Å². The molecule has 0 aromatic heterocycles. The van der Waals surface area contributed by atoms with Crippen LogP contribution in [0.4, 0.5) is 0 Å². The molecule has 0 atom stereocenters. The Bertz CT molecular complexity index is 203. The summed E-state index contributed by atoms with van der Waals surface area (Å²) >= 11 is 0. The Morgan fingerprint density at radius 3 is 2.19 bits per heavy atom. The molecule has 2 aliphatic carbocycles. The van der Waals surface area contributed by atoms with Crippen molar-refractivity contribution in [3.63, 3.8) is 0 Å². The molecule has 16 heavy (non-hydrogen) atoms. The second-order valence-corrected chi connectivity index (χ2v) is 6.36. The molecule has 2 rings (SSSR count). The van der Waals surface area contributed by atoms with Crippen molar-refractivity contribution < 1.29 is 0 Å². The summed E-state index contributed by atoms with van der Waals surface area (Å²) in [5, 5.41) is 0. The van der Waals surface area contributed by atoms with Gasteiger partial charge in [-0.2, -0.15) is 0 Å². The minimum absolute atomic E-state index is 0.496. The molecule has 0 aromatic carbocycles. The molecule has 2 nitrogen and oxygen atoms in total. The average molecular weight is 224 g/mol. The molecule has 0 radical (unpaired) electrons. The lowest BCUT2D eigenvalue weighted by Gasteiger charge is -2.32. The van der Waals surface area contributed by atoms with E-state index in [0.29, 0.717) is 6.04 Å². The van der Waals surface area contributed by atoms with Gasteiger partial charge < -0.3 is 5.73 Å². The molecule has 0 saturated heterocycles. The molecule has 0 aliphatic heterocycles. The number of nitrogens with two attached hydrogens (primary N) is 1. The van der Waals surface area contributed by atoms with E-state index in [2.05, 4.69) is 18.7 Å². The van der Waals surface area contributed by atoms with Gasteiger partial charge in [0, 0.05) is 25.2 Å². The summed E-state index contributed by atoms with van der Waals surface area (Å²) in [7, 11) is 0. The smallest absolute Gasteiger partial charge is 0.00966 e.